The molecule has 2 heteroatoms. The maximum Gasteiger partial charge on any atom is 0.158 e. The smallest absolute Gasteiger partial charge is 0.158 e. The lowest BCUT2D eigenvalue weighted by Gasteiger charge is -2.32. The molecule has 0 saturated carbocycles. The van der Waals surface area contributed by atoms with Gasteiger partial charge >= 0.3 is 0 Å². The van der Waals surface area contributed by atoms with Crippen molar-refractivity contribution in [3.63, 3.8) is 0 Å². The Kier molecular flexibility index (Phi) is 6.09. The molecule has 0 amide bonds. The largest absolute Gasteiger partial charge is 0.299 e. The predicted octanol–water partition coefficient (Wildman–Crippen LogP) is 4.84. The van der Waals surface area contributed by atoms with Gasteiger partial charge in [-0.25, -0.2) is 0 Å². The number of allylic oxidation sites excluding steroid dienone is 4. The summed E-state index contributed by atoms with van der Waals surface area (Å²) in [5, 5.41) is 0. The van der Waals surface area contributed by atoms with Crippen LogP contribution in [0.25, 0.3) is 0 Å². The molecular formula is C21H26O2. The summed E-state index contributed by atoms with van der Waals surface area (Å²) in [6, 6.07) is 10.3. The van der Waals surface area contributed by atoms with E-state index in [1.807, 2.05) is 38.1 Å². The van der Waals surface area contributed by atoms with E-state index in [-0.39, 0.29) is 11.6 Å². The van der Waals surface area contributed by atoms with E-state index >= 15 is 0 Å². The Morgan fingerprint density at radius 3 is 2.43 bits per heavy atom. The van der Waals surface area contributed by atoms with Crippen LogP contribution in [0.5, 0.6) is 0 Å². The van der Waals surface area contributed by atoms with E-state index in [4.69, 9.17) is 0 Å². The van der Waals surface area contributed by atoms with Gasteiger partial charge in [-0.05, 0) is 36.8 Å². The first-order valence-electron chi connectivity index (χ1n) is 8.58. The van der Waals surface area contributed by atoms with Crippen LogP contribution in [0.4, 0.5) is 0 Å². The van der Waals surface area contributed by atoms with Crippen molar-refractivity contribution in [2.24, 2.45) is 5.41 Å². The Hall–Kier alpha value is -1.96. The van der Waals surface area contributed by atoms with Gasteiger partial charge in [0.2, 0.25) is 0 Å². The number of hydrogen-bond acceptors (Lipinski definition) is 2. The second-order valence-electron chi connectivity index (χ2n) is 6.24. The third-order valence-corrected chi connectivity index (χ3v) is 4.74. The Balaban J connectivity index is 2.13. The molecule has 0 N–H and O–H groups in total. The molecule has 0 spiro atoms. The van der Waals surface area contributed by atoms with Crippen LogP contribution in [0.1, 0.15) is 51.5 Å². The second-order valence-corrected chi connectivity index (χ2v) is 6.24. The molecule has 0 radical (unpaired) electrons. The van der Waals surface area contributed by atoms with Crippen LogP contribution in [0.3, 0.4) is 0 Å². The molecule has 2 rings (SSSR count). The van der Waals surface area contributed by atoms with Gasteiger partial charge in [0.25, 0.3) is 0 Å². The van der Waals surface area contributed by atoms with E-state index in [9.17, 15) is 9.59 Å². The normalized spacial score (nSPS) is 21.2. The molecule has 0 unspecified atom stereocenters. The summed E-state index contributed by atoms with van der Waals surface area (Å²) in [4.78, 5) is 24.4. The average molecular weight is 310 g/mol. The highest BCUT2D eigenvalue weighted by Crippen LogP contribution is 2.39. The molecule has 0 bridgehead atoms. The number of ketones is 2. The van der Waals surface area contributed by atoms with E-state index in [0.717, 1.165) is 18.4 Å². The molecule has 1 aliphatic carbocycles. The Bertz CT molecular complexity index is 610. The van der Waals surface area contributed by atoms with Crippen molar-refractivity contribution < 1.29 is 9.59 Å². The van der Waals surface area contributed by atoms with Crippen molar-refractivity contribution in [2.75, 3.05) is 0 Å². The SMILES string of the molecule is CCC(=O)C1=CC[C@](/C=C/Cc2ccccc2)(C(=O)CC)CC1. The predicted molar refractivity (Wildman–Crippen MR) is 94.2 cm³/mol. The summed E-state index contributed by atoms with van der Waals surface area (Å²) in [6.07, 6.45) is 10.3. The fourth-order valence-corrected chi connectivity index (χ4v) is 3.23. The first-order chi connectivity index (χ1) is 11.1. The number of rotatable bonds is 7. The van der Waals surface area contributed by atoms with E-state index in [0.29, 0.717) is 25.7 Å². The Morgan fingerprint density at radius 1 is 1.13 bits per heavy atom. The number of benzene rings is 1. The zero-order valence-corrected chi connectivity index (χ0v) is 14.2. The standard InChI is InChI=1S/C21H26O2/c1-3-19(22)18-12-15-21(16-13-18,20(23)4-2)14-8-11-17-9-6-5-7-10-17/h5-10,12,14H,3-4,11,13,15-16H2,1-2H3/b14-8+/t21-/m0/s1. The summed E-state index contributed by atoms with van der Waals surface area (Å²) < 4.78 is 0. The lowest BCUT2D eigenvalue weighted by atomic mass is 9.70. The van der Waals surface area contributed by atoms with Crippen LogP contribution in [0.2, 0.25) is 0 Å². The monoisotopic (exact) mass is 310 g/mol. The molecule has 0 heterocycles. The lowest BCUT2D eigenvalue weighted by molar-refractivity contribution is -0.126. The molecule has 1 atom stereocenters. The van der Waals surface area contributed by atoms with Gasteiger partial charge < -0.3 is 0 Å². The number of carbonyl (C=O) groups is 2. The molecule has 122 valence electrons. The molecule has 1 aromatic rings. The zero-order valence-electron chi connectivity index (χ0n) is 14.2. The van der Waals surface area contributed by atoms with Crippen LogP contribution in [-0.2, 0) is 16.0 Å². The van der Waals surface area contributed by atoms with Crippen LogP contribution in [-0.4, -0.2) is 11.6 Å². The second kappa shape index (κ2) is 8.05. The molecular weight excluding hydrogens is 284 g/mol. The van der Waals surface area contributed by atoms with Gasteiger partial charge in [0.15, 0.2) is 5.78 Å². The molecule has 2 nitrogen and oxygen atoms in total. The van der Waals surface area contributed by atoms with Crippen LogP contribution >= 0.6 is 0 Å². The topological polar surface area (TPSA) is 34.1 Å². The molecule has 1 aromatic carbocycles. The van der Waals surface area contributed by atoms with Crippen molar-refractivity contribution in [3.8, 4) is 0 Å². The minimum atomic E-state index is -0.416. The van der Waals surface area contributed by atoms with Crippen molar-refractivity contribution in [1.29, 1.82) is 0 Å². The highest BCUT2D eigenvalue weighted by Gasteiger charge is 2.36. The van der Waals surface area contributed by atoms with Crippen molar-refractivity contribution in [3.05, 3.63) is 59.7 Å². The highest BCUT2D eigenvalue weighted by molar-refractivity contribution is 5.96. The van der Waals surface area contributed by atoms with E-state index in [1.54, 1.807) is 0 Å². The third kappa shape index (κ3) is 4.28. The van der Waals surface area contributed by atoms with Crippen molar-refractivity contribution in [1.82, 2.24) is 0 Å². The van der Waals surface area contributed by atoms with Crippen LogP contribution in [0, 0.1) is 5.41 Å². The minimum Gasteiger partial charge on any atom is -0.299 e. The molecule has 0 aromatic heterocycles. The van der Waals surface area contributed by atoms with Crippen LogP contribution in [0.15, 0.2) is 54.1 Å². The maximum atomic E-state index is 12.5. The molecule has 0 fully saturated rings. The first-order valence-corrected chi connectivity index (χ1v) is 8.58. The van der Waals surface area contributed by atoms with Crippen LogP contribution < -0.4 is 0 Å². The van der Waals surface area contributed by atoms with E-state index in [2.05, 4.69) is 24.3 Å². The van der Waals surface area contributed by atoms with Gasteiger partial charge in [0, 0.05) is 12.8 Å². The lowest BCUT2D eigenvalue weighted by Crippen LogP contribution is -2.31. The fourth-order valence-electron chi connectivity index (χ4n) is 3.23. The van der Waals surface area contributed by atoms with Gasteiger partial charge in [-0.3, -0.25) is 9.59 Å². The molecule has 0 saturated heterocycles. The Morgan fingerprint density at radius 2 is 1.87 bits per heavy atom. The molecule has 23 heavy (non-hydrogen) atoms. The Labute approximate surface area is 139 Å². The third-order valence-electron chi connectivity index (χ3n) is 4.74. The van der Waals surface area contributed by atoms with E-state index < -0.39 is 5.41 Å². The fraction of sp³-hybridized carbons (Fsp3) is 0.429. The van der Waals surface area contributed by atoms with Gasteiger partial charge in [-0.1, -0.05) is 62.4 Å². The quantitative estimate of drug-likeness (QED) is 0.675. The maximum absolute atomic E-state index is 12.5. The molecule has 0 aliphatic heterocycles. The first kappa shape index (κ1) is 17.4. The van der Waals surface area contributed by atoms with Crippen molar-refractivity contribution >= 4 is 11.6 Å². The number of carbonyl (C=O) groups excluding carboxylic acids is 2. The van der Waals surface area contributed by atoms with Gasteiger partial charge in [-0.15, -0.1) is 0 Å². The summed E-state index contributed by atoms with van der Waals surface area (Å²) in [6.45, 7) is 3.81. The average Bonchev–Trinajstić information content (AvgIpc) is 2.61. The summed E-state index contributed by atoms with van der Waals surface area (Å²) >= 11 is 0. The highest BCUT2D eigenvalue weighted by atomic mass is 16.1. The summed E-state index contributed by atoms with van der Waals surface area (Å²) in [5.41, 5.74) is 1.74. The summed E-state index contributed by atoms with van der Waals surface area (Å²) in [5.74, 6) is 0.497. The molecule has 1 aliphatic rings. The van der Waals surface area contributed by atoms with Gasteiger partial charge in [-0.2, -0.15) is 0 Å². The van der Waals surface area contributed by atoms with Gasteiger partial charge in [0.05, 0.1) is 5.41 Å². The zero-order chi connectivity index (χ0) is 16.7. The summed E-state index contributed by atoms with van der Waals surface area (Å²) in [7, 11) is 0. The van der Waals surface area contributed by atoms with E-state index in [1.165, 1.54) is 5.56 Å². The number of hydrogen-bond donors (Lipinski definition) is 0. The number of Topliss-reactive ketones (excluding diaryl/α,β-unsaturated/α-hetero) is 2. The van der Waals surface area contributed by atoms with Gasteiger partial charge in [0.1, 0.15) is 5.78 Å². The van der Waals surface area contributed by atoms with Crippen molar-refractivity contribution in [2.45, 2.75) is 52.4 Å². The minimum absolute atomic E-state index is 0.218.